The van der Waals surface area contributed by atoms with Crippen LogP contribution in [0.5, 0.6) is 0 Å². The number of hydrogen-bond acceptors (Lipinski definition) is 4. The largest absolute Gasteiger partial charge is 0.369 e. The topological polar surface area (TPSA) is 48.7 Å². The molecule has 18 heavy (non-hydrogen) atoms. The van der Waals surface area contributed by atoms with Crippen LogP contribution in [0.3, 0.4) is 0 Å². The van der Waals surface area contributed by atoms with Crippen molar-refractivity contribution in [3.05, 3.63) is 54.2 Å². The molecule has 0 saturated heterocycles. The van der Waals surface area contributed by atoms with Gasteiger partial charge in [-0.25, -0.2) is 4.98 Å². The third-order valence-corrected chi connectivity index (χ3v) is 3.30. The van der Waals surface area contributed by atoms with E-state index in [4.69, 9.17) is 5.26 Å². The van der Waals surface area contributed by atoms with Gasteiger partial charge in [-0.1, -0.05) is 24.3 Å². The van der Waals surface area contributed by atoms with Crippen LogP contribution < -0.4 is 5.32 Å². The Morgan fingerprint density at radius 1 is 1.11 bits per heavy atom. The quantitative estimate of drug-likeness (QED) is 0.658. The van der Waals surface area contributed by atoms with Gasteiger partial charge in [0, 0.05) is 17.2 Å². The van der Waals surface area contributed by atoms with Gasteiger partial charge in [-0.15, -0.1) is 11.8 Å². The smallest absolute Gasteiger partial charge is 0.142 e. The molecule has 0 saturated carbocycles. The lowest BCUT2D eigenvalue weighted by Crippen LogP contribution is -2.05. The highest BCUT2D eigenvalue weighted by Gasteiger charge is 1.96. The first-order valence-electron chi connectivity index (χ1n) is 5.67. The van der Waals surface area contributed by atoms with E-state index in [2.05, 4.69) is 22.4 Å². The molecule has 90 valence electrons. The molecule has 0 aliphatic rings. The number of nitrogens with zero attached hydrogens (tertiary/aromatic N) is 2. The summed E-state index contributed by atoms with van der Waals surface area (Å²) >= 11 is 1.79. The van der Waals surface area contributed by atoms with Gasteiger partial charge < -0.3 is 5.32 Å². The average Bonchev–Trinajstić information content (AvgIpc) is 2.45. The minimum atomic E-state index is 0.440. The molecule has 1 aromatic heterocycles. The van der Waals surface area contributed by atoms with E-state index in [1.807, 2.05) is 36.4 Å². The molecule has 0 spiro atoms. The van der Waals surface area contributed by atoms with Crippen molar-refractivity contribution in [1.82, 2.24) is 4.98 Å². The second kappa shape index (κ2) is 6.67. The van der Waals surface area contributed by atoms with Gasteiger partial charge in [0.25, 0.3) is 0 Å². The van der Waals surface area contributed by atoms with E-state index in [-0.39, 0.29) is 0 Å². The Kier molecular flexibility index (Phi) is 4.62. The van der Waals surface area contributed by atoms with Crippen molar-refractivity contribution in [3.63, 3.8) is 0 Å². The lowest BCUT2D eigenvalue weighted by Gasteiger charge is -2.05. The molecule has 4 heteroatoms. The zero-order valence-electron chi connectivity index (χ0n) is 9.84. The van der Waals surface area contributed by atoms with Gasteiger partial charge in [0.05, 0.1) is 0 Å². The lowest BCUT2D eigenvalue weighted by atomic mass is 10.3. The van der Waals surface area contributed by atoms with Crippen molar-refractivity contribution in [2.45, 2.75) is 4.90 Å². The van der Waals surface area contributed by atoms with Gasteiger partial charge in [0.15, 0.2) is 0 Å². The molecular weight excluding hydrogens is 242 g/mol. The molecule has 0 fully saturated rings. The second-order valence-corrected chi connectivity index (χ2v) is 4.78. The fourth-order valence-electron chi connectivity index (χ4n) is 1.46. The van der Waals surface area contributed by atoms with Gasteiger partial charge in [-0.2, -0.15) is 5.26 Å². The van der Waals surface area contributed by atoms with Crippen LogP contribution in [0.4, 0.5) is 5.82 Å². The fourth-order valence-corrected chi connectivity index (χ4v) is 2.25. The summed E-state index contributed by atoms with van der Waals surface area (Å²) in [4.78, 5) is 5.42. The second-order valence-electron chi connectivity index (χ2n) is 3.61. The van der Waals surface area contributed by atoms with E-state index >= 15 is 0 Å². The first kappa shape index (κ1) is 12.5. The van der Waals surface area contributed by atoms with Crippen molar-refractivity contribution < 1.29 is 0 Å². The third kappa shape index (κ3) is 3.79. The Hall–Kier alpha value is -1.99. The number of hydrogen-bond donors (Lipinski definition) is 1. The van der Waals surface area contributed by atoms with Gasteiger partial charge in [-0.3, -0.25) is 0 Å². The molecule has 3 nitrogen and oxygen atoms in total. The summed E-state index contributed by atoms with van der Waals surface area (Å²) < 4.78 is 0. The highest BCUT2D eigenvalue weighted by atomic mass is 32.2. The standard InChI is InChI=1S/C14H13N3S/c15-11-12-5-4-8-14(17-12)16-9-10-18-13-6-2-1-3-7-13/h1-8H,9-10H2,(H,16,17). The molecule has 0 atom stereocenters. The molecule has 0 unspecified atom stereocenters. The molecule has 0 aliphatic carbocycles. The first-order chi connectivity index (χ1) is 8.88. The van der Waals surface area contributed by atoms with Crippen LogP contribution >= 0.6 is 11.8 Å². The molecule has 0 aliphatic heterocycles. The molecule has 0 bridgehead atoms. The van der Waals surface area contributed by atoms with Crippen LogP contribution in [-0.4, -0.2) is 17.3 Å². The predicted octanol–water partition coefficient (Wildman–Crippen LogP) is 3.16. The Labute approximate surface area is 111 Å². The number of thioether (sulfide) groups is 1. The van der Waals surface area contributed by atoms with Gasteiger partial charge in [0.2, 0.25) is 0 Å². The van der Waals surface area contributed by atoms with Crippen LogP contribution in [0.15, 0.2) is 53.4 Å². The normalized spacial score (nSPS) is 9.72. The molecule has 1 aromatic carbocycles. The van der Waals surface area contributed by atoms with E-state index in [0.29, 0.717) is 5.69 Å². The number of anilines is 1. The van der Waals surface area contributed by atoms with Crippen molar-refractivity contribution in [3.8, 4) is 6.07 Å². The number of rotatable bonds is 5. The average molecular weight is 255 g/mol. The van der Waals surface area contributed by atoms with Crippen molar-refractivity contribution in [2.24, 2.45) is 0 Å². The molecule has 1 heterocycles. The number of nitriles is 1. The Balaban J connectivity index is 1.77. The third-order valence-electron chi connectivity index (χ3n) is 2.28. The van der Waals surface area contributed by atoms with E-state index in [0.717, 1.165) is 18.1 Å². The number of aromatic nitrogens is 1. The molecule has 0 amide bonds. The maximum absolute atomic E-state index is 8.74. The van der Waals surface area contributed by atoms with Crippen LogP contribution in [0.1, 0.15) is 5.69 Å². The van der Waals surface area contributed by atoms with Crippen molar-refractivity contribution in [2.75, 3.05) is 17.6 Å². The maximum atomic E-state index is 8.74. The Morgan fingerprint density at radius 2 is 1.94 bits per heavy atom. The molecule has 0 radical (unpaired) electrons. The fraction of sp³-hybridized carbons (Fsp3) is 0.143. The van der Waals surface area contributed by atoms with Crippen LogP contribution in [0, 0.1) is 11.3 Å². The van der Waals surface area contributed by atoms with Gasteiger partial charge in [0.1, 0.15) is 17.6 Å². The lowest BCUT2D eigenvalue weighted by molar-refractivity contribution is 1.15. The molecule has 2 aromatic rings. The number of nitrogens with one attached hydrogen (secondary N) is 1. The van der Waals surface area contributed by atoms with Gasteiger partial charge >= 0.3 is 0 Å². The summed E-state index contributed by atoms with van der Waals surface area (Å²) in [6, 6.07) is 17.7. The summed E-state index contributed by atoms with van der Waals surface area (Å²) in [5.41, 5.74) is 0.440. The van der Waals surface area contributed by atoms with Crippen molar-refractivity contribution >= 4 is 17.6 Å². The number of pyridine rings is 1. The summed E-state index contributed by atoms with van der Waals surface area (Å²) in [5, 5.41) is 11.9. The number of benzene rings is 1. The van der Waals surface area contributed by atoms with E-state index in [9.17, 15) is 0 Å². The summed E-state index contributed by atoms with van der Waals surface area (Å²) in [7, 11) is 0. The van der Waals surface area contributed by atoms with Crippen molar-refractivity contribution in [1.29, 1.82) is 5.26 Å². The molecular formula is C14H13N3S. The zero-order valence-corrected chi connectivity index (χ0v) is 10.7. The van der Waals surface area contributed by atoms with E-state index < -0.39 is 0 Å². The molecule has 1 N–H and O–H groups in total. The maximum Gasteiger partial charge on any atom is 0.142 e. The highest BCUT2D eigenvalue weighted by molar-refractivity contribution is 7.99. The Morgan fingerprint density at radius 3 is 2.72 bits per heavy atom. The summed E-state index contributed by atoms with van der Waals surface area (Å²) in [5.74, 6) is 1.71. The van der Waals surface area contributed by atoms with Crippen LogP contribution in [-0.2, 0) is 0 Å². The molecule has 2 rings (SSSR count). The highest BCUT2D eigenvalue weighted by Crippen LogP contribution is 2.16. The zero-order chi connectivity index (χ0) is 12.6. The van der Waals surface area contributed by atoms with E-state index in [1.54, 1.807) is 17.8 Å². The summed E-state index contributed by atoms with van der Waals surface area (Å²) in [6.45, 7) is 0.821. The SMILES string of the molecule is N#Cc1cccc(NCCSc2ccccc2)n1. The van der Waals surface area contributed by atoms with Crippen LogP contribution in [0.2, 0.25) is 0 Å². The minimum Gasteiger partial charge on any atom is -0.369 e. The predicted molar refractivity (Wildman–Crippen MR) is 74.6 cm³/mol. The summed E-state index contributed by atoms with van der Waals surface area (Å²) in [6.07, 6.45) is 0. The van der Waals surface area contributed by atoms with Gasteiger partial charge in [-0.05, 0) is 24.3 Å². The monoisotopic (exact) mass is 255 g/mol. The van der Waals surface area contributed by atoms with E-state index in [1.165, 1.54) is 4.90 Å². The Bertz CT molecular complexity index is 534. The van der Waals surface area contributed by atoms with Crippen LogP contribution in [0.25, 0.3) is 0 Å². The minimum absolute atomic E-state index is 0.440. The first-order valence-corrected chi connectivity index (χ1v) is 6.66.